The third-order valence-corrected chi connectivity index (χ3v) is 3.28. The SMILES string of the molecule is CSCC(C)OC(=O)c1cc([N+](=O)[O-])c(F)cc1Cl. The Kier molecular flexibility index (Phi) is 5.56. The van der Waals surface area contributed by atoms with Gasteiger partial charge in [-0.1, -0.05) is 11.6 Å². The predicted octanol–water partition coefficient (Wildman–Crippen LogP) is 3.30. The number of ether oxygens (including phenoxy) is 1. The average Bonchev–Trinajstić information content (AvgIpc) is 2.28. The second kappa shape index (κ2) is 6.72. The van der Waals surface area contributed by atoms with Crippen LogP contribution in [0.1, 0.15) is 17.3 Å². The number of esters is 1. The van der Waals surface area contributed by atoms with Crippen molar-refractivity contribution in [3.05, 3.63) is 38.7 Å². The van der Waals surface area contributed by atoms with Crippen LogP contribution in [0, 0.1) is 15.9 Å². The molecule has 1 unspecified atom stereocenters. The number of rotatable bonds is 5. The molecule has 0 aliphatic carbocycles. The molecule has 1 rings (SSSR count). The monoisotopic (exact) mass is 307 g/mol. The van der Waals surface area contributed by atoms with Crippen molar-refractivity contribution in [2.24, 2.45) is 0 Å². The van der Waals surface area contributed by atoms with E-state index in [4.69, 9.17) is 16.3 Å². The Balaban J connectivity index is 3.03. The quantitative estimate of drug-likeness (QED) is 0.474. The standard InChI is InChI=1S/C11H11ClFNO4S/c1-6(5-19-2)18-11(15)7-3-10(14(16)17)9(13)4-8(7)12/h3-4,6H,5H2,1-2H3. The van der Waals surface area contributed by atoms with E-state index in [0.29, 0.717) is 5.75 Å². The van der Waals surface area contributed by atoms with Gasteiger partial charge in [-0.15, -0.1) is 0 Å². The number of carbonyl (C=O) groups is 1. The molecule has 1 atom stereocenters. The van der Waals surface area contributed by atoms with Crippen molar-refractivity contribution in [2.75, 3.05) is 12.0 Å². The summed E-state index contributed by atoms with van der Waals surface area (Å²) in [6.45, 7) is 1.68. The van der Waals surface area contributed by atoms with Gasteiger partial charge in [-0.3, -0.25) is 10.1 Å². The highest BCUT2D eigenvalue weighted by Crippen LogP contribution is 2.26. The first-order valence-corrected chi connectivity index (χ1v) is 6.97. The summed E-state index contributed by atoms with van der Waals surface area (Å²) in [5.41, 5.74) is -1.03. The van der Waals surface area contributed by atoms with Gasteiger partial charge in [-0.05, 0) is 13.2 Å². The second-order valence-electron chi connectivity index (χ2n) is 3.71. The summed E-state index contributed by atoms with van der Waals surface area (Å²) in [6.07, 6.45) is 1.47. The molecule has 1 aromatic carbocycles. The number of thioether (sulfide) groups is 1. The Morgan fingerprint density at radius 1 is 1.63 bits per heavy atom. The van der Waals surface area contributed by atoms with Gasteiger partial charge in [-0.25, -0.2) is 4.79 Å². The molecule has 0 N–H and O–H groups in total. The Bertz CT molecular complexity index is 512. The molecule has 0 spiro atoms. The third kappa shape index (κ3) is 4.07. The molecule has 0 aromatic heterocycles. The minimum atomic E-state index is -1.09. The van der Waals surface area contributed by atoms with Gasteiger partial charge in [0.05, 0.1) is 15.5 Å². The van der Waals surface area contributed by atoms with E-state index in [1.165, 1.54) is 11.8 Å². The number of carbonyl (C=O) groups excluding carboxylic acids is 1. The molecule has 0 saturated carbocycles. The Hall–Kier alpha value is -1.34. The topological polar surface area (TPSA) is 69.4 Å². The molecule has 0 aliphatic rings. The van der Waals surface area contributed by atoms with E-state index in [0.717, 1.165) is 12.1 Å². The number of hydrogen-bond acceptors (Lipinski definition) is 5. The van der Waals surface area contributed by atoms with Crippen molar-refractivity contribution < 1.29 is 18.8 Å². The molecule has 8 heteroatoms. The summed E-state index contributed by atoms with van der Waals surface area (Å²) in [5, 5.41) is 10.4. The largest absolute Gasteiger partial charge is 0.458 e. The summed E-state index contributed by atoms with van der Waals surface area (Å²) < 4.78 is 18.3. The maximum absolute atomic E-state index is 13.2. The molecule has 0 fully saturated rings. The molecular weight excluding hydrogens is 297 g/mol. The summed E-state index contributed by atoms with van der Waals surface area (Å²) in [5.74, 6) is -1.33. The highest BCUT2D eigenvalue weighted by atomic mass is 35.5. The maximum atomic E-state index is 13.2. The van der Waals surface area contributed by atoms with E-state index in [1.54, 1.807) is 6.92 Å². The first kappa shape index (κ1) is 15.7. The van der Waals surface area contributed by atoms with Crippen molar-refractivity contribution >= 4 is 35.0 Å². The van der Waals surface area contributed by atoms with Gasteiger partial charge in [0.15, 0.2) is 0 Å². The van der Waals surface area contributed by atoms with E-state index >= 15 is 0 Å². The molecule has 19 heavy (non-hydrogen) atoms. The van der Waals surface area contributed by atoms with Crippen LogP contribution in [0.25, 0.3) is 0 Å². The lowest BCUT2D eigenvalue weighted by atomic mass is 10.2. The first-order valence-electron chi connectivity index (χ1n) is 5.20. The normalized spacial score (nSPS) is 12.0. The van der Waals surface area contributed by atoms with Crippen molar-refractivity contribution in [1.29, 1.82) is 0 Å². The fourth-order valence-electron chi connectivity index (χ4n) is 1.35. The zero-order valence-electron chi connectivity index (χ0n) is 10.2. The number of nitro benzene ring substituents is 1. The van der Waals surface area contributed by atoms with Crippen LogP contribution in [0.5, 0.6) is 0 Å². The lowest BCUT2D eigenvalue weighted by Crippen LogP contribution is -2.17. The molecule has 0 bridgehead atoms. The lowest BCUT2D eigenvalue weighted by molar-refractivity contribution is -0.387. The summed E-state index contributed by atoms with van der Waals surface area (Å²) in [4.78, 5) is 21.5. The van der Waals surface area contributed by atoms with Gasteiger partial charge in [0.2, 0.25) is 5.82 Å². The molecule has 0 amide bonds. The predicted molar refractivity (Wildman–Crippen MR) is 71.3 cm³/mol. The molecule has 0 radical (unpaired) electrons. The smallest absolute Gasteiger partial charge is 0.340 e. The minimum absolute atomic E-state index is 0.218. The third-order valence-electron chi connectivity index (χ3n) is 2.16. The highest BCUT2D eigenvalue weighted by Gasteiger charge is 2.23. The van der Waals surface area contributed by atoms with Gasteiger partial charge in [0, 0.05) is 17.9 Å². The minimum Gasteiger partial charge on any atom is -0.458 e. The molecule has 0 aliphatic heterocycles. The number of hydrogen-bond donors (Lipinski definition) is 0. The van der Waals surface area contributed by atoms with Crippen LogP contribution in [-0.2, 0) is 4.74 Å². The van der Waals surface area contributed by atoms with E-state index < -0.39 is 22.4 Å². The average molecular weight is 308 g/mol. The number of nitro groups is 1. The molecular formula is C11H11ClFNO4S. The summed E-state index contributed by atoms with van der Waals surface area (Å²) in [7, 11) is 0. The van der Waals surface area contributed by atoms with Crippen LogP contribution in [0.4, 0.5) is 10.1 Å². The van der Waals surface area contributed by atoms with Crippen molar-refractivity contribution in [3.8, 4) is 0 Å². The van der Waals surface area contributed by atoms with E-state index in [2.05, 4.69) is 0 Å². The molecule has 5 nitrogen and oxygen atoms in total. The van der Waals surface area contributed by atoms with Crippen LogP contribution in [0.15, 0.2) is 12.1 Å². The van der Waals surface area contributed by atoms with E-state index in [-0.39, 0.29) is 16.7 Å². The van der Waals surface area contributed by atoms with Crippen LogP contribution in [-0.4, -0.2) is 29.0 Å². The Morgan fingerprint density at radius 3 is 2.79 bits per heavy atom. The maximum Gasteiger partial charge on any atom is 0.340 e. The molecule has 0 heterocycles. The van der Waals surface area contributed by atoms with Crippen molar-refractivity contribution in [1.82, 2.24) is 0 Å². The van der Waals surface area contributed by atoms with Crippen LogP contribution >= 0.6 is 23.4 Å². The lowest BCUT2D eigenvalue weighted by Gasteiger charge is -2.12. The van der Waals surface area contributed by atoms with Crippen molar-refractivity contribution in [3.63, 3.8) is 0 Å². The van der Waals surface area contributed by atoms with Gasteiger partial charge in [0.1, 0.15) is 6.10 Å². The highest BCUT2D eigenvalue weighted by molar-refractivity contribution is 7.98. The fraction of sp³-hybridized carbons (Fsp3) is 0.364. The first-order chi connectivity index (χ1) is 8.86. The summed E-state index contributed by atoms with van der Waals surface area (Å²) in [6, 6.07) is 1.52. The summed E-state index contributed by atoms with van der Waals surface area (Å²) >= 11 is 7.18. The van der Waals surface area contributed by atoms with Crippen LogP contribution < -0.4 is 0 Å². The van der Waals surface area contributed by atoms with Crippen molar-refractivity contribution in [2.45, 2.75) is 13.0 Å². The number of benzene rings is 1. The van der Waals surface area contributed by atoms with E-state index in [1.807, 2.05) is 6.26 Å². The Morgan fingerprint density at radius 2 is 2.26 bits per heavy atom. The van der Waals surface area contributed by atoms with Crippen LogP contribution in [0.2, 0.25) is 5.02 Å². The molecule has 1 aromatic rings. The van der Waals surface area contributed by atoms with Crippen LogP contribution in [0.3, 0.4) is 0 Å². The van der Waals surface area contributed by atoms with Gasteiger partial charge < -0.3 is 4.74 Å². The van der Waals surface area contributed by atoms with Gasteiger partial charge in [0.25, 0.3) is 0 Å². The molecule has 104 valence electrons. The zero-order valence-corrected chi connectivity index (χ0v) is 11.8. The zero-order chi connectivity index (χ0) is 14.6. The number of halogens is 2. The second-order valence-corrected chi connectivity index (χ2v) is 5.03. The molecule has 0 saturated heterocycles. The van der Waals surface area contributed by atoms with Gasteiger partial charge >= 0.3 is 11.7 Å². The van der Waals surface area contributed by atoms with Gasteiger partial charge in [-0.2, -0.15) is 16.2 Å². The fourth-order valence-corrected chi connectivity index (χ4v) is 2.11. The number of nitrogens with zero attached hydrogens (tertiary/aromatic N) is 1. The van der Waals surface area contributed by atoms with E-state index in [9.17, 15) is 19.3 Å². The Labute approximate surface area is 118 Å².